The van der Waals surface area contributed by atoms with E-state index in [9.17, 15) is 9.59 Å². The van der Waals surface area contributed by atoms with Crippen LogP contribution in [-0.4, -0.2) is 33.7 Å². The van der Waals surface area contributed by atoms with Gasteiger partial charge in [0.1, 0.15) is 0 Å². The standard InChI is InChI=1S/C17H22N4O2S2/c1-5-18-16-20-21-17(25-16)24-11(4)14(22)12-6-8-13(9-7-12)19-15(23)10(2)3/h6-11H,5H2,1-4H3,(H,18,20)(H,19,23)/t11-/m1/s1. The molecule has 0 aliphatic rings. The summed E-state index contributed by atoms with van der Waals surface area (Å²) in [4.78, 5) is 24.2. The first-order valence-corrected chi connectivity index (χ1v) is 9.79. The Bertz CT molecular complexity index is 729. The first-order chi connectivity index (χ1) is 11.9. The molecule has 1 aromatic carbocycles. The molecule has 0 saturated heterocycles. The van der Waals surface area contributed by atoms with Crippen LogP contribution in [-0.2, 0) is 4.79 Å². The van der Waals surface area contributed by atoms with Crippen molar-refractivity contribution in [3.8, 4) is 0 Å². The van der Waals surface area contributed by atoms with E-state index in [1.807, 2.05) is 27.7 Å². The molecule has 2 N–H and O–H groups in total. The minimum atomic E-state index is -0.265. The van der Waals surface area contributed by atoms with Gasteiger partial charge in [0.2, 0.25) is 11.0 Å². The van der Waals surface area contributed by atoms with Crippen LogP contribution < -0.4 is 10.6 Å². The molecular weight excluding hydrogens is 356 g/mol. The molecule has 0 saturated carbocycles. The molecule has 1 amide bonds. The van der Waals surface area contributed by atoms with Gasteiger partial charge in [-0.05, 0) is 38.1 Å². The monoisotopic (exact) mass is 378 g/mol. The zero-order valence-electron chi connectivity index (χ0n) is 14.7. The molecule has 2 rings (SSSR count). The number of benzene rings is 1. The molecule has 2 aromatic rings. The molecule has 0 aliphatic heterocycles. The van der Waals surface area contributed by atoms with Gasteiger partial charge in [-0.3, -0.25) is 9.59 Å². The summed E-state index contributed by atoms with van der Waals surface area (Å²) in [6.07, 6.45) is 0. The number of hydrogen-bond donors (Lipinski definition) is 2. The summed E-state index contributed by atoms with van der Waals surface area (Å²) in [5.74, 6) is -0.112. The third-order valence-electron chi connectivity index (χ3n) is 3.34. The quantitative estimate of drug-likeness (QED) is 0.535. The molecule has 6 nitrogen and oxygen atoms in total. The van der Waals surface area contributed by atoms with E-state index >= 15 is 0 Å². The van der Waals surface area contributed by atoms with E-state index in [-0.39, 0.29) is 22.9 Å². The van der Waals surface area contributed by atoms with Crippen molar-refractivity contribution in [2.24, 2.45) is 5.92 Å². The van der Waals surface area contributed by atoms with Crippen molar-refractivity contribution in [2.75, 3.05) is 17.2 Å². The number of thioether (sulfide) groups is 1. The lowest BCUT2D eigenvalue weighted by Crippen LogP contribution is -2.18. The molecule has 134 valence electrons. The zero-order chi connectivity index (χ0) is 18.4. The highest BCUT2D eigenvalue weighted by Crippen LogP contribution is 2.30. The van der Waals surface area contributed by atoms with Crippen molar-refractivity contribution in [3.63, 3.8) is 0 Å². The van der Waals surface area contributed by atoms with Crippen molar-refractivity contribution in [1.82, 2.24) is 10.2 Å². The fourth-order valence-electron chi connectivity index (χ4n) is 1.92. The maximum Gasteiger partial charge on any atom is 0.226 e. The average molecular weight is 379 g/mol. The molecular formula is C17H22N4O2S2. The van der Waals surface area contributed by atoms with Gasteiger partial charge in [-0.1, -0.05) is 36.9 Å². The molecule has 1 atom stereocenters. The molecule has 0 fully saturated rings. The maximum atomic E-state index is 12.6. The van der Waals surface area contributed by atoms with Gasteiger partial charge in [-0.25, -0.2) is 0 Å². The molecule has 0 unspecified atom stereocenters. The van der Waals surface area contributed by atoms with Crippen LogP contribution in [0.15, 0.2) is 28.6 Å². The van der Waals surface area contributed by atoms with Gasteiger partial charge < -0.3 is 10.6 Å². The molecule has 0 radical (unpaired) electrons. The Morgan fingerprint density at radius 1 is 1.16 bits per heavy atom. The van der Waals surface area contributed by atoms with Crippen molar-refractivity contribution >= 4 is 45.6 Å². The van der Waals surface area contributed by atoms with E-state index in [0.29, 0.717) is 11.3 Å². The Balaban J connectivity index is 1.97. The third kappa shape index (κ3) is 5.54. The van der Waals surface area contributed by atoms with Crippen LogP contribution in [0.4, 0.5) is 10.8 Å². The van der Waals surface area contributed by atoms with Crippen molar-refractivity contribution < 1.29 is 9.59 Å². The fraction of sp³-hybridized carbons (Fsp3) is 0.412. The van der Waals surface area contributed by atoms with Gasteiger partial charge in [-0.2, -0.15) is 0 Å². The Labute approximate surface area is 155 Å². The predicted molar refractivity (Wildman–Crippen MR) is 104 cm³/mol. The van der Waals surface area contributed by atoms with E-state index < -0.39 is 0 Å². The van der Waals surface area contributed by atoms with E-state index in [0.717, 1.165) is 16.0 Å². The summed E-state index contributed by atoms with van der Waals surface area (Å²) in [5.41, 5.74) is 1.30. The second kappa shape index (κ2) is 8.96. The summed E-state index contributed by atoms with van der Waals surface area (Å²) in [6, 6.07) is 6.97. The van der Waals surface area contributed by atoms with Gasteiger partial charge >= 0.3 is 0 Å². The SMILES string of the molecule is CCNc1nnc(S[C@H](C)C(=O)c2ccc(NC(=O)C(C)C)cc2)s1. The Morgan fingerprint density at radius 2 is 1.84 bits per heavy atom. The minimum Gasteiger partial charge on any atom is -0.360 e. The van der Waals surface area contributed by atoms with Crippen LogP contribution in [0.25, 0.3) is 0 Å². The second-order valence-corrected chi connectivity index (χ2v) is 8.31. The van der Waals surface area contributed by atoms with Gasteiger partial charge in [0.05, 0.1) is 5.25 Å². The summed E-state index contributed by atoms with van der Waals surface area (Å²) in [5, 5.41) is 14.5. The number of carbonyl (C=O) groups excluding carboxylic acids is 2. The normalized spacial score (nSPS) is 12.0. The number of nitrogens with one attached hydrogen (secondary N) is 2. The largest absolute Gasteiger partial charge is 0.360 e. The van der Waals surface area contributed by atoms with Gasteiger partial charge in [0.25, 0.3) is 0 Å². The number of hydrogen-bond acceptors (Lipinski definition) is 7. The van der Waals surface area contributed by atoms with Crippen molar-refractivity contribution in [2.45, 2.75) is 37.3 Å². The summed E-state index contributed by atoms with van der Waals surface area (Å²) >= 11 is 2.84. The number of carbonyl (C=O) groups is 2. The van der Waals surface area contributed by atoms with E-state index in [4.69, 9.17) is 0 Å². The van der Waals surface area contributed by atoms with Crippen LogP contribution in [0.5, 0.6) is 0 Å². The van der Waals surface area contributed by atoms with Crippen molar-refractivity contribution in [3.05, 3.63) is 29.8 Å². The van der Waals surface area contributed by atoms with Crippen LogP contribution in [0, 0.1) is 5.92 Å². The molecule has 0 spiro atoms. The Kier molecular flexibility index (Phi) is 6.95. The lowest BCUT2D eigenvalue weighted by molar-refractivity contribution is -0.118. The Morgan fingerprint density at radius 3 is 2.44 bits per heavy atom. The van der Waals surface area contributed by atoms with Gasteiger partial charge in [0.15, 0.2) is 10.1 Å². The highest BCUT2D eigenvalue weighted by molar-refractivity contribution is 8.02. The molecule has 0 aliphatic carbocycles. The predicted octanol–water partition coefficient (Wildman–Crippen LogP) is 3.93. The van der Waals surface area contributed by atoms with Crippen molar-refractivity contribution in [1.29, 1.82) is 0 Å². The first kappa shape index (κ1) is 19.4. The molecule has 25 heavy (non-hydrogen) atoms. The number of anilines is 2. The van der Waals surface area contributed by atoms with E-state index in [1.54, 1.807) is 24.3 Å². The highest BCUT2D eigenvalue weighted by atomic mass is 32.2. The number of amides is 1. The lowest BCUT2D eigenvalue weighted by Gasteiger charge is -2.10. The van der Waals surface area contributed by atoms with Gasteiger partial charge in [0, 0.05) is 23.7 Å². The van der Waals surface area contributed by atoms with Gasteiger partial charge in [-0.15, -0.1) is 10.2 Å². The smallest absolute Gasteiger partial charge is 0.226 e. The van der Waals surface area contributed by atoms with Crippen LogP contribution in [0.1, 0.15) is 38.1 Å². The van der Waals surface area contributed by atoms with Crippen LogP contribution in [0.2, 0.25) is 0 Å². The summed E-state index contributed by atoms with van der Waals surface area (Å²) < 4.78 is 0.762. The fourth-order valence-corrected chi connectivity index (χ4v) is 3.96. The lowest BCUT2D eigenvalue weighted by atomic mass is 10.1. The summed E-state index contributed by atoms with van der Waals surface area (Å²) in [7, 11) is 0. The van der Waals surface area contributed by atoms with Crippen LogP contribution in [0.3, 0.4) is 0 Å². The number of Topliss-reactive ketones (excluding diaryl/α,β-unsaturated/α-hetero) is 1. The summed E-state index contributed by atoms with van der Waals surface area (Å²) in [6.45, 7) is 8.30. The number of rotatable bonds is 8. The zero-order valence-corrected chi connectivity index (χ0v) is 16.3. The maximum absolute atomic E-state index is 12.6. The second-order valence-electron chi connectivity index (χ2n) is 5.75. The average Bonchev–Trinajstić information content (AvgIpc) is 3.02. The number of ketones is 1. The van der Waals surface area contributed by atoms with Crippen LogP contribution >= 0.6 is 23.1 Å². The van der Waals surface area contributed by atoms with E-state index in [2.05, 4.69) is 20.8 Å². The topological polar surface area (TPSA) is 84.0 Å². The Hall–Kier alpha value is -1.93. The molecule has 1 heterocycles. The first-order valence-electron chi connectivity index (χ1n) is 8.09. The molecule has 8 heteroatoms. The molecule has 1 aromatic heterocycles. The number of nitrogens with zero attached hydrogens (tertiary/aromatic N) is 2. The third-order valence-corrected chi connectivity index (χ3v) is 5.41. The number of aromatic nitrogens is 2. The highest BCUT2D eigenvalue weighted by Gasteiger charge is 2.19. The molecule has 0 bridgehead atoms. The van der Waals surface area contributed by atoms with E-state index in [1.165, 1.54) is 23.1 Å². The minimum absolute atomic E-state index is 0.0203.